The number of aliphatic hydroxyl groups excluding tert-OH is 1. The van der Waals surface area contributed by atoms with Crippen molar-refractivity contribution in [1.29, 1.82) is 0 Å². The Morgan fingerprint density at radius 1 is 1.35 bits per heavy atom. The summed E-state index contributed by atoms with van der Waals surface area (Å²) in [5.74, 6) is 0. The molecule has 0 saturated carbocycles. The maximum absolute atomic E-state index is 9.69. The molecule has 1 aliphatic rings. The van der Waals surface area contributed by atoms with Gasteiger partial charge in [-0.2, -0.15) is 4.99 Å². The van der Waals surface area contributed by atoms with Crippen molar-refractivity contribution in [1.82, 2.24) is 0 Å². The molecule has 7 heteroatoms. The predicted molar refractivity (Wildman–Crippen MR) is 97.3 cm³/mol. The van der Waals surface area contributed by atoms with Gasteiger partial charge in [0.2, 0.25) is 0 Å². The van der Waals surface area contributed by atoms with Crippen LogP contribution in [0.2, 0.25) is 5.02 Å². The van der Waals surface area contributed by atoms with E-state index in [-0.39, 0.29) is 6.61 Å². The fourth-order valence-corrected chi connectivity index (χ4v) is 2.48. The molecule has 0 spiro atoms. The second-order valence-corrected chi connectivity index (χ2v) is 6.97. The molecule has 0 bridgehead atoms. The van der Waals surface area contributed by atoms with E-state index in [0.717, 1.165) is 5.56 Å². The molecule has 0 atom stereocenters. The summed E-state index contributed by atoms with van der Waals surface area (Å²) >= 11 is 10.7. The van der Waals surface area contributed by atoms with Gasteiger partial charge in [0.25, 0.3) is 0 Å². The first-order chi connectivity index (χ1) is 10.7. The largest absolute Gasteiger partial charge is 0.492 e. The van der Waals surface area contributed by atoms with Gasteiger partial charge in [-0.3, -0.25) is 0 Å². The van der Waals surface area contributed by atoms with E-state index < -0.39 is 18.3 Å². The zero-order valence-corrected chi connectivity index (χ0v) is 15.2. The number of hydrogen-bond acceptors (Lipinski definition) is 5. The molecule has 23 heavy (non-hydrogen) atoms. The standard InChI is InChI=1S/C16H19BClNO3S/c1-15(2)16(3,4)22-17(21-15)12(9-20)7-11-5-6-14(19-10-23)13(18)8-11/h5-8,20H,9H2,1-4H3. The molecule has 1 aromatic carbocycles. The van der Waals surface area contributed by atoms with E-state index in [1.807, 2.05) is 33.8 Å². The SMILES string of the molecule is CC1(C)OB(C(=Cc2ccc(N=C=S)c(Cl)c2)CO)OC1(C)C. The van der Waals surface area contributed by atoms with E-state index in [9.17, 15) is 5.11 Å². The lowest BCUT2D eigenvalue weighted by atomic mass is 9.77. The number of hydrogen-bond donors (Lipinski definition) is 1. The number of benzene rings is 1. The van der Waals surface area contributed by atoms with Crippen molar-refractivity contribution in [3.05, 3.63) is 34.3 Å². The van der Waals surface area contributed by atoms with Crippen LogP contribution in [0.3, 0.4) is 0 Å². The van der Waals surface area contributed by atoms with Crippen molar-refractivity contribution in [2.45, 2.75) is 38.9 Å². The minimum atomic E-state index is -0.595. The van der Waals surface area contributed by atoms with Crippen molar-refractivity contribution in [2.75, 3.05) is 6.61 Å². The first-order valence-electron chi connectivity index (χ1n) is 7.24. The Balaban J connectivity index is 2.30. The zero-order chi connectivity index (χ0) is 17.3. The molecule has 2 rings (SSSR count). The van der Waals surface area contributed by atoms with Crippen LogP contribution in [-0.2, 0) is 9.31 Å². The molecule has 4 nitrogen and oxygen atoms in total. The summed E-state index contributed by atoms with van der Waals surface area (Å²) in [6.45, 7) is 7.70. The van der Waals surface area contributed by atoms with Crippen LogP contribution in [-0.4, -0.2) is 35.2 Å². The van der Waals surface area contributed by atoms with Gasteiger partial charge in [-0.25, -0.2) is 0 Å². The number of isothiocyanates is 1. The minimum Gasteiger partial charge on any atom is -0.400 e. The first-order valence-corrected chi connectivity index (χ1v) is 8.03. The van der Waals surface area contributed by atoms with Crippen LogP contribution in [0.15, 0.2) is 28.7 Å². The molecule has 1 aromatic rings. The van der Waals surface area contributed by atoms with Gasteiger partial charge in [-0.1, -0.05) is 23.7 Å². The lowest BCUT2D eigenvalue weighted by molar-refractivity contribution is 0.00578. The molecular weight excluding hydrogens is 333 g/mol. The van der Waals surface area contributed by atoms with E-state index in [4.69, 9.17) is 20.9 Å². The van der Waals surface area contributed by atoms with Crippen LogP contribution in [0.4, 0.5) is 5.69 Å². The van der Waals surface area contributed by atoms with E-state index in [2.05, 4.69) is 22.4 Å². The highest BCUT2D eigenvalue weighted by molar-refractivity contribution is 7.78. The van der Waals surface area contributed by atoms with Crippen LogP contribution in [0.5, 0.6) is 0 Å². The maximum Gasteiger partial charge on any atom is 0.492 e. The van der Waals surface area contributed by atoms with Crippen molar-refractivity contribution in [2.24, 2.45) is 4.99 Å². The molecule has 1 heterocycles. The summed E-state index contributed by atoms with van der Waals surface area (Å²) in [6.07, 6.45) is 1.80. The van der Waals surface area contributed by atoms with Crippen LogP contribution in [0.25, 0.3) is 6.08 Å². The van der Waals surface area contributed by atoms with Gasteiger partial charge in [0.1, 0.15) is 0 Å². The van der Waals surface area contributed by atoms with Crippen LogP contribution < -0.4 is 0 Å². The number of aliphatic hydroxyl groups is 1. The third-order valence-electron chi connectivity index (χ3n) is 4.23. The lowest BCUT2D eigenvalue weighted by Gasteiger charge is -2.32. The van der Waals surface area contributed by atoms with E-state index in [0.29, 0.717) is 16.2 Å². The van der Waals surface area contributed by atoms with Gasteiger partial charge in [0, 0.05) is 0 Å². The van der Waals surface area contributed by atoms with Crippen molar-refractivity contribution < 1.29 is 14.4 Å². The van der Waals surface area contributed by atoms with Crippen LogP contribution >= 0.6 is 23.8 Å². The highest BCUT2D eigenvalue weighted by atomic mass is 35.5. The highest BCUT2D eigenvalue weighted by Gasteiger charge is 2.52. The van der Waals surface area contributed by atoms with Crippen molar-refractivity contribution in [3.8, 4) is 0 Å². The molecule has 0 amide bonds. The summed E-state index contributed by atoms with van der Waals surface area (Å²) in [4.78, 5) is 3.88. The number of thiocarbonyl (C=S) groups is 1. The smallest absolute Gasteiger partial charge is 0.400 e. The Hall–Kier alpha value is -1.01. The van der Waals surface area contributed by atoms with Crippen LogP contribution in [0.1, 0.15) is 33.3 Å². The normalized spacial score (nSPS) is 19.6. The Labute approximate surface area is 147 Å². The highest BCUT2D eigenvalue weighted by Crippen LogP contribution is 2.39. The van der Waals surface area contributed by atoms with Crippen LogP contribution in [0, 0.1) is 0 Å². The minimum absolute atomic E-state index is 0.172. The van der Waals surface area contributed by atoms with Gasteiger partial charge < -0.3 is 14.4 Å². The summed E-state index contributed by atoms with van der Waals surface area (Å²) in [5.41, 5.74) is 1.09. The molecule has 1 saturated heterocycles. The number of halogens is 1. The number of rotatable bonds is 4. The van der Waals surface area contributed by atoms with Gasteiger partial charge in [-0.15, -0.1) is 0 Å². The maximum atomic E-state index is 9.69. The Kier molecular flexibility index (Phi) is 5.46. The van der Waals surface area contributed by atoms with Gasteiger partial charge >= 0.3 is 7.12 Å². The fourth-order valence-electron chi connectivity index (χ4n) is 2.15. The first kappa shape index (κ1) is 18.3. The molecule has 1 aliphatic heterocycles. The quantitative estimate of drug-likeness (QED) is 0.504. The monoisotopic (exact) mass is 351 g/mol. The second kappa shape index (κ2) is 6.85. The molecule has 0 aliphatic carbocycles. The lowest BCUT2D eigenvalue weighted by Crippen LogP contribution is -2.41. The Bertz CT molecular complexity index is 668. The van der Waals surface area contributed by atoms with Gasteiger partial charge in [-0.05, 0) is 63.1 Å². The van der Waals surface area contributed by atoms with E-state index in [1.165, 1.54) is 0 Å². The number of aliphatic imine (C=N–C) groups is 1. The molecule has 0 radical (unpaired) electrons. The molecular formula is C16H19BClNO3S. The molecule has 0 aromatic heterocycles. The topological polar surface area (TPSA) is 51.0 Å². The third-order valence-corrected chi connectivity index (χ3v) is 4.62. The molecule has 122 valence electrons. The molecule has 1 fully saturated rings. The average Bonchev–Trinajstić information content (AvgIpc) is 2.67. The third kappa shape index (κ3) is 3.91. The summed E-state index contributed by atoms with van der Waals surface area (Å²) in [6, 6.07) is 5.32. The predicted octanol–water partition coefficient (Wildman–Crippen LogP) is 4.08. The summed E-state index contributed by atoms with van der Waals surface area (Å²) < 4.78 is 11.9. The molecule has 0 unspecified atom stereocenters. The zero-order valence-electron chi connectivity index (χ0n) is 13.6. The number of nitrogens with zero attached hydrogens (tertiary/aromatic N) is 1. The molecule has 1 N–H and O–H groups in total. The Morgan fingerprint density at radius 2 is 1.96 bits per heavy atom. The summed E-state index contributed by atoms with van der Waals surface area (Å²) in [7, 11) is -0.595. The Morgan fingerprint density at radius 3 is 2.43 bits per heavy atom. The van der Waals surface area contributed by atoms with Crippen molar-refractivity contribution in [3.63, 3.8) is 0 Å². The van der Waals surface area contributed by atoms with Gasteiger partial charge in [0.05, 0.1) is 33.7 Å². The second-order valence-electron chi connectivity index (χ2n) is 6.38. The summed E-state index contributed by atoms with van der Waals surface area (Å²) in [5, 5.41) is 12.4. The van der Waals surface area contributed by atoms with Crippen molar-refractivity contribution >= 4 is 47.9 Å². The van der Waals surface area contributed by atoms with E-state index in [1.54, 1.807) is 18.2 Å². The fraction of sp³-hybridized carbons (Fsp3) is 0.438. The van der Waals surface area contributed by atoms with Gasteiger partial charge in [0.15, 0.2) is 0 Å². The average molecular weight is 352 g/mol. The van der Waals surface area contributed by atoms with E-state index >= 15 is 0 Å².